The highest BCUT2D eigenvalue weighted by atomic mass is 79.9. The van der Waals surface area contributed by atoms with Crippen LogP contribution in [0, 0.1) is 11.3 Å². The van der Waals surface area contributed by atoms with Crippen molar-refractivity contribution >= 4 is 37.3 Å². The molecule has 0 N–H and O–H groups in total. The fraction of sp³-hybridized carbons (Fsp3) is 0.444. The van der Waals surface area contributed by atoms with Gasteiger partial charge in [-0.2, -0.15) is 9.57 Å². The van der Waals surface area contributed by atoms with Gasteiger partial charge in [0.2, 0.25) is 0 Å². The van der Waals surface area contributed by atoms with E-state index in [4.69, 9.17) is 5.26 Å². The van der Waals surface area contributed by atoms with Gasteiger partial charge in [0.15, 0.2) is 0 Å². The van der Waals surface area contributed by atoms with Crippen molar-refractivity contribution in [2.24, 2.45) is 0 Å². The summed E-state index contributed by atoms with van der Waals surface area (Å²) in [5, 5.41) is 10.3. The Bertz CT molecular complexity index is 490. The number of nitrogens with zero attached hydrogens (tertiary/aromatic N) is 2. The number of rotatable bonds is 5. The van der Waals surface area contributed by atoms with Crippen LogP contribution >= 0.6 is 27.3 Å². The molecular weight excluding hydrogens is 312 g/mol. The lowest BCUT2D eigenvalue weighted by molar-refractivity contribution is 0.445. The van der Waals surface area contributed by atoms with Crippen molar-refractivity contribution < 1.29 is 8.42 Å². The predicted octanol–water partition coefficient (Wildman–Crippen LogP) is 2.43. The van der Waals surface area contributed by atoms with Crippen molar-refractivity contribution in [2.75, 3.05) is 13.1 Å². The summed E-state index contributed by atoms with van der Waals surface area (Å²) in [5.74, 6) is 0. The summed E-state index contributed by atoms with van der Waals surface area (Å²) in [7, 11) is -3.53. The van der Waals surface area contributed by atoms with Crippen molar-refractivity contribution in [3.63, 3.8) is 0 Å². The van der Waals surface area contributed by atoms with Crippen LogP contribution in [0.3, 0.4) is 0 Å². The Morgan fingerprint density at radius 2 is 2.31 bits per heavy atom. The molecule has 0 aliphatic heterocycles. The lowest BCUT2D eigenvalue weighted by atomic mass is 10.5. The van der Waals surface area contributed by atoms with Crippen molar-refractivity contribution in [1.82, 2.24) is 4.31 Å². The highest BCUT2D eigenvalue weighted by molar-refractivity contribution is 9.10. The van der Waals surface area contributed by atoms with E-state index in [1.54, 1.807) is 11.4 Å². The van der Waals surface area contributed by atoms with Crippen molar-refractivity contribution in [2.45, 2.75) is 17.6 Å². The SMILES string of the molecule is CCCN(CC#N)S(=O)(=O)c1sccc1Br. The molecule has 0 saturated carbocycles. The van der Waals surface area contributed by atoms with Gasteiger partial charge in [-0.25, -0.2) is 8.42 Å². The second-order valence-electron chi connectivity index (χ2n) is 3.05. The first-order valence-corrected chi connectivity index (χ1v) is 7.75. The van der Waals surface area contributed by atoms with Gasteiger partial charge < -0.3 is 0 Å². The molecule has 16 heavy (non-hydrogen) atoms. The summed E-state index contributed by atoms with van der Waals surface area (Å²) in [6.45, 7) is 2.13. The number of halogens is 1. The molecule has 1 rings (SSSR count). The summed E-state index contributed by atoms with van der Waals surface area (Å²) in [6, 6.07) is 3.56. The zero-order valence-corrected chi connectivity index (χ0v) is 11.9. The van der Waals surface area contributed by atoms with Gasteiger partial charge in [0, 0.05) is 11.0 Å². The molecule has 88 valence electrons. The van der Waals surface area contributed by atoms with Crippen molar-refractivity contribution in [3.05, 3.63) is 15.9 Å². The Kier molecular flexibility index (Phi) is 4.92. The van der Waals surface area contributed by atoms with Crippen LogP contribution in [0.25, 0.3) is 0 Å². The number of thiophene rings is 1. The van der Waals surface area contributed by atoms with Crippen LogP contribution in [-0.4, -0.2) is 25.8 Å². The van der Waals surface area contributed by atoms with Gasteiger partial charge in [-0.15, -0.1) is 11.3 Å². The molecule has 0 atom stereocenters. The van der Waals surface area contributed by atoms with Crippen LogP contribution in [0.2, 0.25) is 0 Å². The average Bonchev–Trinajstić information content (AvgIpc) is 2.65. The Morgan fingerprint density at radius 3 is 2.75 bits per heavy atom. The molecule has 7 heteroatoms. The molecule has 0 radical (unpaired) electrons. The Balaban J connectivity index is 3.09. The van der Waals surface area contributed by atoms with Gasteiger partial charge in [0.25, 0.3) is 10.0 Å². The summed E-state index contributed by atoms with van der Waals surface area (Å²) in [5.41, 5.74) is 0. The van der Waals surface area contributed by atoms with E-state index < -0.39 is 10.0 Å². The van der Waals surface area contributed by atoms with Crippen molar-refractivity contribution in [1.29, 1.82) is 5.26 Å². The van der Waals surface area contributed by atoms with Gasteiger partial charge in [-0.1, -0.05) is 6.92 Å². The van der Waals surface area contributed by atoms with Gasteiger partial charge >= 0.3 is 0 Å². The standard InChI is InChI=1S/C9H11BrN2O2S2/c1-2-5-12(6-4-11)16(13,14)9-8(10)3-7-15-9/h3,7H,2,5-6H2,1H3. The largest absolute Gasteiger partial charge is 0.254 e. The minimum absolute atomic E-state index is 0.111. The third-order valence-corrected chi connectivity index (χ3v) is 6.37. The molecule has 0 saturated heterocycles. The lowest BCUT2D eigenvalue weighted by Gasteiger charge is -2.17. The van der Waals surface area contributed by atoms with Gasteiger partial charge in [0.05, 0.1) is 6.07 Å². The molecule has 0 bridgehead atoms. The van der Waals surface area contributed by atoms with Crippen LogP contribution in [0.1, 0.15) is 13.3 Å². The van der Waals surface area contributed by atoms with Crippen LogP contribution in [-0.2, 0) is 10.0 Å². The quantitative estimate of drug-likeness (QED) is 0.782. The van der Waals surface area contributed by atoms with E-state index in [9.17, 15) is 8.42 Å². The first kappa shape index (κ1) is 13.6. The molecule has 1 aromatic heterocycles. The third kappa shape index (κ3) is 2.83. The summed E-state index contributed by atoms with van der Waals surface area (Å²) < 4.78 is 26.3. The average molecular weight is 323 g/mol. The molecule has 0 aliphatic rings. The molecule has 0 spiro atoms. The first-order chi connectivity index (χ1) is 7.54. The maximum absolute atomic E-state index is 12.1. The van der Waals surface area contributed by atoms with E-state index >= 15 is 0 Å². The molecule has 4 nitrogen and oxygen atoms in total. The maximum atomic E-state index is 12.1. The minimum Gasteiger partial charge on any atom is -0.206 e. The highest BCUT2D eigenvalue weighted by Crippen LogP contribution is 2.30. The molecule has 0 aliphatic carbocycles. The lowest BCUT2D eigenvalue weighted by Crippen LogP contribution is -2.31. The molecule has 1 heterocycles. The van der Waals surface area contributed by atoms with E-state index in [1.165, 1.54) is 4.31 Å². The van der Waals surface area contributed by atoms with Crippen LogP contribution in [0.15, 0.2) is 20.1 Å². The summed E-state index contributed by atoms with van der Waals surface area (Å²) in [6.07, 6.45) is 0.684. The number of hydrogen-bond donors (Lipinski definition) is 0. The van der Waals surface area contributed by atoms with E-state index in [2.05, 4.69) is 15.9 Å². The van der Waals surface area contributed by atoms with Gasteiger partial charge in [0.1, 0.15) is 10.8 Å². The molecule has 1 aromatic rings. The van der Waals surface area contributed by atoms with Crippen LogP contribution < -0.4 is 0 Å². The molecule has 0 aromatic carbocycles. The second kappa shape index (κ2) is 5.77. The Morgan fingerprint density at radius 1 is 1.62 bits per heavy atom. The third-order valence-electron chi connectivity index (χ3n) is 1.88. The van der Waals surface area contributed by atoms with Gasteiger partial charge in [-0.05, 0) is 33.8 Å². The van der Waals surface area contributed by atoms with Gasteiger partial charge in [-0.3, -0.25) is 0 Å². The van der Waals surface area contributed by atoms with E-state index in [1.807, 2.05) is 13.0 Å². The van der Waals surface area contributed by atoms with E-state index in [0.717, 1.165) is 11.3 Å². The fourth-order valence-corrected chi connectivity index (χ4v) is 5.07. The predicted molar refractivity (Wildman–Crippen MR) is 66.7 cm³/mol. The smallest absolute Gasteiger partial charge is 0.206 e. The molecule has 0 fully saturated rings. The maximum Gasteiger partial charge on any atom is 0.254 e. The van der Waals surface area contributed by atoms with Crippen LogP contribution in [0.4, 0.5) is 0 Å². The van der Waals surface area contributed by atoms with E-state index in [-0.39, 0.29) is 10.8 Å². The van der Waals surface area contributed by atoms with Crippen molar-refractivity contribution in [3.8, 4) is 6.07 Å². The monoisotopic (exact) mass is 322 g/mol. The zero-order valence-electron chi connectivity index (χ0n) is 8.68. The minimum atomic E-state index is -3.53. The number of nitriles is 1. The second-order valence-corrected chi connectivity index (χ2v) is 6.96. The molecule has 0 unspecified atom stereocenters. The fourth-order valence-electron chi connectivity index (χ4n) is 1.19. The first-order valence-electron chi connectivity index (χ1n) is 4.64. The highest BCUT2D eigenvalue weighted by Gasteiger charge is 2.26. The zero-order chi connectivity index (χ0) is 12.2. The number of sulfonamides is 1. The Labute approximate surface area is 108 Å². The molecule has 0 amide bonds. The van der Waals surface area contributed by atoms with E-state index in [0.29, 0.717) is 17.4 Å². The molecular formula is C9H11BrN2O2S2. The topological polar surface area (TPSA) is 61.2 Å². The summed E-state index contributed by atoms with van der Waals surface area (Å²) >= 11 is 4.34. The van der Waals surface area contributed by atoms with Crippen LogP contribution in [0.5, 0.6) is 0 Å². The number of hydrogen-bond acceptors (Lipinski definition) is 4. The summed E-state index contributed by atoms with van der Waals surface area (Å²) in [4.78, 5) is 0. The Hall–Kier alpha value is -0.420. The normalized spacial score (nSPS) is 11.6.